The number of ether oxygens (including phenoxy) is 1. The summed E-state index contributed by atoms with van der Waals surface area (Å²) in [7, 11) is 0. The molecule has 8 nitrogen and oxygen atoms in total. The number of hydrogen-bond acceptors (Lipinski definition) is 5. The first-order valence-corrected chi connectivity index (χ1v) is 12.2. The standard InChI is InChI=1S/C24H29N3O5S/c1-2-31-24(28)26-13-11-19(12-14-26)27(33(29)30)23-10-9-18(21-7-3-4-8-22(21)23)16-25-17-20-6-5-15-32-20/h3-10,15,19,25H,2,11-14,16-17H2,1H3,(H,29,30). The van der Waals surface area contributed by atoms with Gasteiger partial charge in [-0.25, -0.2) is 9.00 Å². The normalized spacial score (nSPS) is 15.5. The first kappa shape index (κ1) is 23.3. The van der Waals surface area contributed by atoms with Gasteiger partial charge in [-0.3, -0.25) is 8.86 Å². The van der Waals surface area contributed by atoms with Gasteiger partial charge in [-0.15, -0.1) is 0 Å². The van der Waals surface area contributed by atoms with Gasteiger partial charge >= 0.3 is 6.09 Å². The summed E-state index contributed by atoms with van der Waals surface area (Å²) in [5.74, 6) is 0.868. The maximum absolute atomic E-state index is 12.5. The van der Waals surface area contributed by atoms with Crippen molar-refractivity contribution in [1.82, 2.24) is 10.2 Å². The smallest absolute Gasteiger partial charge is 0.409 e. The molecule has 33 heavy (non-hydrogen) atoms. The van der Waals surface area contributed by atoms with Gasteiger partial charge in [0.2, 0.25) is 0 Å². The predicted molar refractivity (Wildman–Crippen MR) is 128 cm³/mol. The van der Waals surface area contributed by atoms with Gasteiger partial charge in [0.25, 0.3) is 11.3 Å². The maximum atomic E-state index is 12.5. The first-order chi connectivity index (χ1) is 16.1. The second kappa shape index (κ2) is 10.8. The third-order valence-electron chi connectivity index (χ3n) is 5.91. The van der Waals surface area contributed by atoms with E-state index in [-0.39, 0.29) is 12.1 Å². The zero-order chi connectivity index (χ0) is 23.2. The Balaban J connectivity index is 1.54. The summed E-state index contributed by atoms with van der Waals surface area (Å²) in [6.45, 7) is 4.35. The van der Waals surface area contributed by atoms with Gasteiger partial charge in [-0.1, -0.05) is 30.3 Å². The van der Waals surface area contributed by atoms with Crippen molar-refractivity contribution >= 4 is 33.8 Å². The fraction of sp³-hybridized carbons (Fsp3) is 0.375. The van der Waals surface area contributed by atoms with Crippen LogP contribution in [0.4, 0.5) is 10.5 Å². The van der Waals surface area contributed by atoms with E-state index in [0.29, 0.717) is 45.6 Å². The Morgan fingerprint density at radius 1 is 1.15 bits per heavy atom. The van der Waals surface area contributed by atoms with Crippen molar-refractivity contribution in [2.45, 2.75) is 38.9 Å². The molecule has 4 rings (SSSR count). The van der Waals surface area contributed by atoms with E-state index in [0.717, 1.165) is 27.8 Å². The average molecular weight is 472 g/mol. The van der Waals surface area contributed by atoms with E-state index >= 15 is 0 Å². The Labute approximate surface area is 195 Å². The second-order valence-corrected chi connectivity index (χ2v) is 8.80. The maximum Gasteiger partial charge on any atom is 0.409 e. The van der Waals surface area contributed by atoms with Crippen LogP contribution in [-0.4, -0.2) is 45.5 Å². The van der Waals surface area contributed by atoms with Crippen LogP contribution in [-0.2, 0) is 29.1 Å². The van der Waals surface area contributed by atoms with Gasteiger partial charge in [0.15, 0.2) is 0 Å². The average Bonchev–Trinajstić information content (AvgIpc) is 3.34. The molecule has 0 aliphatic carbocycles. The van der Waals surface area contributed by atoms with Crippen LogP contribution in [0.2, 0.25) is 0 Å². The van der Waals surface area contributed by atoms with E-state index in [1.54, 1.807) is 22.4 Å². The van der Waals surface area contributed by atoms with Crippen molar-refractivity contribution in [3.05, 3.63) is 66.1 Å². The number of anilines is 1. The minimum atomic E-state index is -2.19. The highest BCUT2D eigenvalue weighted by Crippen LogP contribution is 2.34. The highest BCUT2D eigenvalue weighted by molar-refractivity contribution is 7.80. The summed E-state index contributed by atoms with van der Waals surface area (Å²) in [5.41, 5.74) is 1.82. The number of fused-ring (bicyclic) bond motifs is 1. The number of benzene rings is 2. The highest BCUT2D eigenvalue weighted by atomic mass is 32.2. The van der Waals surface area contributed by atoms with Crippen molar-refractivity contribution in [3.63, 3.8) is 0 Å². The molecule has 3 aromatic rings. The van der Waals surface area contributed by atoms with E-state index in [4.69, 9.17) is 9.15 Å². The Morgan fingerprint density at radius 3 is 2.58 bits per heavy atom. The number of carbonyl (C=O) groups is 1. The van der Waals surface area contributed by atoms with Gasteiger partial charge in [0.05, 0.1) is 25.1 Å². The molecule has 0 bridgehead atoms. The van der Waals surface area contributed by atoms with Crippen LogP contribution in [0.15, 0.2) is 59.2 Å². The van der Waals surface area contributed by atoms with E-state index in [2.05, 4.69) is 5.32 Å². The van der Waals surface area contributed by atoms with Gasteiger partial charge in [0, 0.05) is 31.1 Å². The Bertz CT molecular complexity index is 1100. The number of amides is 1. The lowest BCUT2D eigenvalue weighted by molar-refractivity contribution is 0.0976. The van der Waals surface area contributed by atoms with Crippen LogP contribution in [0.3, 0.4) is 0 Å². The summed E-state index contributed by atoms with van der Waals surface area (Å²) in [4.78, 5) is 13.7. The molecule has 1 saturated heterocycles. The minimum absolute atomic E-state index is 0.159. The van der Waals surface area contributed by atoms with Crippen molar-refractivity contribution < 1.29 is 22.7 Å². The summed E-state index contributed by atoms with van der Waals surface area (Å²) < 4.78 is 34.7. The quantitative estimate of drug-likeness (QED) is 0.476. The molecular formula is C24H29N3O5S. The lowest BCUT2D eigenvalue weighted by Crippen LogP contribution is -2.47. The Morgan fingerprint density at radius 2 is 1.91 bits per heavy atom. The predicted octanol–water partition coefficient (Wildman–Crippen LogP) is 4.29. The van der Waals surface area contributed by atoms with E-state index in [1.165, 1.54) is 0 Å². The number of carbonyl (C=O) groups excluding carboxylic acids is 1. The first-order valence-electron chi connectivity index (χ1n) is 11.1. The van der Waals surface area contributed by atoms with Crippen LogP contribution in [0.5, 0.6) is 0 Å². The van der Waals surface area contributed by atoms with Crippen molar-refractivity contribution in [2.24, 2.45) is 0 Å². The summed E-state index contributed by atoms with van der Waals surface area (Å²) >= 11 is -2.19. The van der Waals surface area contributed by atoms with Crippen molar-refractivity contribution in [2.75, 3.05) is 24.0 Å². The number of rotatable bonds is 8. The lowest BCUT2D eigenvalue weighted by Gasteiger charge is -2.37. The molecule has 0 radical (unpaired) electrons. The van der Waals surface area contributed by atoms with E-state index in [9.17, 15) is 13.6 Å². The molecule has 2 aromatic carbocycles. The monoisotopic (exact) mass is 471 g/mol. The summed E-state index contributed by atoms with van der Waals surface area (Å²) in [5, 5.41) is 5.34. The Hall–Kier alpha value is -2.88. The number of piperidine rings is 1. The van der Waals surface area contributed by atoms with Gasteiger partial charge in [0.1, 0.15) is 5.76 Å². The van der Waals surface area contributed by atoms with Gasteiger partial charge in [-0.2, -0.15) is 0 Å². The van der Waals surface area contributed by atoms with Crippen LogP contribution in [0.25, 0.3) is 10.8 Å². The van der Waals surface area contributed by atoms with Crippen molar-refractivity contribution in [1.29, 1.82) is 0 Å². The largest absolute Gasteiger partial charge is 0.468 e. The molecular weight excluding hydrogens is 442 g/mol. The summed E-state index contributed by atoms with van der Waals surface area (Å²) in [6, 6.07) is 15.5. The van der Waals surface area contributed by atoms with Crippen molar-refractivity contribution in [3.8, 4) is 0 Å². The molecule has 0 saturated carbocycles. The molecule has 1 atom stereocenters. The zero-order valence-electron chi connectivity index (χ0n) is 18.6. The third-order valence-corrected chi connectivity index (χ3v) is 6.75. The van der Waals surface area contributed by atoms with Gasteiger partial charge in [-0.05, 0) is 48.9 Å². The molecule has 176 valence electrons. The molecule has 1 amide bonds. The molecule has 0 spiro atoms. The number of nitrogens with one attached hydrogen (secondary N) is 1. The minimum Gasteiger partial charge on any atom is -0.468 e. The number of likely N-dealkylation sites (tertiary alicyclic amines) is 1. The van der Waals surface area contributed by atoms with Gasteiger partial charge < -0.3 is 19.4 Å². The molecule has 2 heterocycles. The van der Waals surface area contributed by atoms with E-state index in [1.807, 2.05) is 48.5 Å². The Kier molecular flexibility index (Phi) is 7.64. The van der Waals surface area contributed by atoms with Crippen LogP contribution >= 0.6 is 0 Å². The molecule has 1 aromatic heterocycles. The molecule has 2 N–H and O–H groups in total. The molecule has 1 unspecified atom stereocenters. The van der Waals surface area contributed by atoms with Crippen LogP contribution in [0.1, 0.15) is 31.1 Å². The zero-order valence-corrected chi connectivity index (χ0v) is 19.4. The molecule has 1 aliphatic rings. The fourth-order valence-corrected chi connectivity index (χ4v) is 5.12. The number of hydrogen-bond donors (Lipinski definition) is 2. The number of nitrogens with zero attached hydrogens (tertiary/aromatic N) is 2. The third kappa shape index (κ3) is 5.38. The SMILES string of the molecule is CCOC(=O)N1CCC(N(c2ccc(CNCc3ccco3)c3ccccc23)S(=O)O)CC1. The topological polar surface area (TPSA) is 95.3 Å². The molecule has 1 aliphatic heterocycles. The molecule has 1 fully saturated rings. The fourth-order valence-electron chi connectivity index (χ4n) is 4.33. The summed E-state index contributed by atoms with van der Waals surface area (Å²) in [6.07, 6.45) is 2.50. The number of furan rings is 1. The lowest BCUT2D eigenvalue weighted by atomic mass is 10.00. The molecule has 9 heteroatoms. The van der Waals surface area contributed by atoms with Crippen LogP contribution in [0, 0.1) is 0 Å². The highest BCUT2D eigenvalue weighted by Gasteiger charge is 2.31. The van der Waals surface area contributed by atoms with E-state index < -0.39 is 11.3 Å². The second-order valence-electron chi connectivity index (χ2n) is 7.95. The van der Waals surface area contributed by atoms with Crippen LogP contribution < -0.4 is 9.62 Å².